The molecule has 3 nitrogen and oxygen atoms in total. The third-order valence-corrected chi connectivity index (χ3v) is 3.60. The van der Waals surface area contributed by atoms with Crippen LogP contribution in [0.25, 0.3) is 0 Å². The molecule has 0 amide bonds. The molecule has 2 rings (SSSR count). The Morgan fingerprint density at radius 1 is 1.28 bits per heavy atom. The van der Waals surface area contributed by atoms with Crippen LogP contribution in [0.1, 0.15) is 69.1 Å². The maximum atomic E-state index is 4.77. The average Bonchev–Trinajstić information content (AvgIpc) is 2.58. The second-order valence-electron chi connectivity index (χ2n) is 5.19. The second-order valence-corrected chi connectivity index (χ2v) is 5.19. The molecule has 0 saturated heterocycles. The lowest BCUT2D eigenvalue weighted by atomic mass is 10.0. The molecule has 0 aliphatic heterocycles. The van der Waals surface area contributed by atoms with Crippen LogP contribution in [-0.2, 0) is 12.8 Å². The SMILES string of the molecule is CCCNC1CCCCc2nc(CCC)ncc21. The Labute approximate surface area is 110 Å². The molecule has 0 spiro atoms. The van der Waals surface area contributed by atoms with Crippen LogP contribution in [0.3, 0.4) is 0 Å². The van der Waals surface area contributed by atoms with Gasteiger partial charge in [0, 0.05) is 29.9 Å². The van der Waals surface area contributed by atoms with Gasteiger partial charge in [0.05, 0.1) is 0 Å². The molecule has 1 atom stereocenters. The third-order valence-electron chi connectivity index (χ3n) is 3.60. The van der Waals surface area contributed by atoms with E-state index in [0.29, 0.717) is 6.04 Å². The molecule has 1 N–H and O–H groups in total. The van der Waals surface area contributed by atoms with Gasteiger partial charge >= 0.3 is 0 Å². The lowest BCUT2D eigenvalue weighted by Gasteiger charge is -2.18. The molecule has 0 aromatic carbocycles. The molecule has 100 valence electrons. The molecule has 1 aliphatic rings. The zero-order valence-electron chi connectivity index (χ0n) is 11.7. The molecular weight excluding hydrogens is 222 g/mol. The zero-order valence-corrected chi connectivity index (χ0v) is 11.7. The molecule has 1 aliphatic carbocycles. The molecule has 1 aromatic heterocycles. The zero-order chi connectivity index (χ0) is 12.8. The summed E-state index contributed by atoms with van der Waals surface area (Å²) >= 11 is 0. The van der Waals surface area contributed by atoms with Crippen molar-refractivity contribution in [2.75, 3.05) is 6.54 Å². The van der Waals surface area contributed by atoms with Gasteiger partial charge in [0.25, 0.3) is 0 Å². The van der Waals surface area contributed by atoms with Crippen molar-refractivity contribution >= 4 is 0 Å². The van der Waals surface area contributed by atoms with Gasteiger partial charge < -0.3 is 5.32 Å². The normalized spacial score (nSPS) is 19.3. The van der Waals surface area contributed by atoms with E-state index in [2.05, 4.69) is 30.3 Å². The number of hydrogen-bond donors (Lipinski definition) is 1. The first kappa shape index (κ1) is 13.5. The maximum absolute atomic E-state index is 4.77. The molecule has 0 radical (unpaired) electrons. The van der Waals surface area contributed by atoms with Gasteiger partial charge in [-0.15, -0.1) is 0 Å². The van der Waals surface area contributed by atoms with Crippen LogP contribution in [0.4, 0.5) is 0 Å². The minimum atomic E-state index is 0.470. The van der Waals surface area contributed by atoms with Gasteiger partial charge in [-0.3, -0.25) is 0 Å². The summed E-state index contributed by atoms with van der Waals surface area (Å²) in [6, 6.07) is 0.470. The van der Waals surface area contributed by atoms with E-state index in [1.807, 2.05) is 0 Å². The van der Waals surface area contributed by atoms with Crippen LogP contribution in [0, 0.1) is 0 Å². The lowest BCUT2D eigenvalue weighted by molar-refractivity contribution is 0.488. The maximum Gasteiger partial charge on any atom is 0.128 e. The predicted octanol–water partition coefficient (Wildman–Crippen LogP) is 3.20. The van der Waals surface area contributed by atoms with Crippen molar-refractivity contribution in [2.45, 2.75) is 64.8 Å². The molecule has 1 aromatic rings. The van der Waals surface area contributed by atoms with Gasteiger partial charge in [0.15, 0.2) is 0 Å². The van der Waals surface area contributed by atoms with Crippen LogP contribution in [0.5, 0.6) is 0 Å². The molecule has 18 heavy (non-hydrogen) atoms. The Morgan fingerprint density at radius 3 is 2.94 bits per heavy atom. The highest BCUT2D eigenvalue weighted by molar-refractivity contribution is 5.23. The molecule has 1 heterocycles. The van der Waals surface area contributed by atoms with Crippen molar-refractivity contribution in [3.63, 3.8) is 0 Å². The quantitative estimate of drug-likeness (QED) is 0.812. The van der Waals surface area contributed by atoms with E-state index in [1.54, 1.807) is 0 Å². The topological polar surface area (TPSA) is 37.8 Å². The lowest BCUT2D eigenvalue weighted by Crippen LogP contribution is -2.23. The van der Waals surface area contributed by atoms with E-state index in [4.69, 9.17) is 4.98 Å². The Bertz CT molecular complexity index is 376. The van der Waals surface area contributed by atoms with E-state index in [-0.39, 0.29) is 0 Å². The Balaban J connectivity index is 2.19. The average molecular weight is 247 g/mol. The first-order valence-electron chi connectivity index (χ1n) is 7.43. The van der Waals surface area contributed by atoms with Crippen molar-refractivity contribution in [3.8, 4) is 0 Å². The number of nitrogens with one attached hydrogen (secondary N) is 1. The summed E-state index contributed by atoms with van der Waals surface area (Å²) in [5.74, 6) is 1.02. The van der Waals surface area contributed by atoms with Crippen molar-refractivity contribution in [3.05, 3.63) is 23.3 Å². The molecule has 3 heteroatoms. The predicted molar refractivity (Wildman–Crippen MR) is 74.6 cm³/mol. The molecule has 1 unspecified atom stereocenters. The Morgan fingerprint density at radius 2 is 2.17 bits per heavy atom. The van der Waals surface area contributed by atoms with E-state index >= 15 is 0 Å². The smallest absolute Gasteiger partial charge is 0.128 e. The number of rotatable bonds is 5. The summed E-state index contributed by atoms with van der Waals surface area (Å²) < 4.78 is 0. The summed E-state index contributed by atoms with van der Waals surface area (Å²) in [7, 11) is 0. The first-order chi connectivity index (χ1) is 8.85. The van der Waals surface area contributed by atoms with Crippen molar-refractivity contribution in [1.29, 1.82) is 0 Å². The third kappa shape index (κ3) is 3.29. The summed E-state index contributed by atoms with van der Waals surface area (Å²) in [4.78, 5) is 9.30. The fourth-order valence-corrected chi connectivity index (χ4v) is 2.63. The van der Waals surface area contributed by atoms with Crippen LogP contribution in [0.15, 0.2) is 6.20 Å². The highest BCUT2D eigenvalue weighted by atomic mass is 14.9. The van der Waals surface area contributed by atoms with E-state index < -0.39 is 0 Å². The van der Waals surface area contributed by atoms with E-state index in [0.717, 1.165) is 31.6 Å². The Kier molecular flexibility index (Phi) is 5.12. The summed E-state index contributed by atoms with van der Waals surface area (Å²) in [6.07, 6.45) is 10.3. The summed E-state index contributed by atoms with van der Waals surface area (Å²) in [6.45, 7) is 5.48. The molecule has 0 fully saturated rings. The number of hydrogen-bond acceptors (Lipinski definition) is 3. The summed E-state index contributed by atoms with van der Waals surface area (Å²) in [5.41, 5.74) is 2.64. The second kappa shape index (κ2) is 6.83. The van der Waals surface area contributed by atoms with Crippen LogP contribution < -0.4 is 5.32 Å². The Hall–Kier alpha value is -0.960. The molecule has 0 saturated carbocycles. The van der Waals surface area contributed by atoms with E-state index in [9.17, 15) is 0 Å². The van der Waals surface area contributed by atoms with Crippen molar-refractivity contribution in [2.24, 2.45) is 0 Å². The van der Waals surface area contributed by atoms with E-state index in [1.165, 1.54) is 36.9 Å². The minimum absolute atomic E-state index is 0.470. The van der Waals surface area contributed by atoms with Crippen LogP contribution >= 0.6 is 0 Å². The van der Waals surface area contributed by atoms with Crippen molar-refractivity contribution in [1.82, 2.24) is 15.3 Å². The molecular formula is C15H25N3. The monoisotopic (exact) mass is 247 g/mol. The van der Waals surface area contributed by atoms with Gasteiger partial charge in [0.1, 0.15) is 5.82 Å². The highest BCUT2D eigenvalue weighted by Crippen LogP contribution is 2.27. The van der Waals surface area contributed by atoms with Crippen LogP contribution in [-0.4, -0.2) is 16.5 Å². The van der Waals surface area contributed by atoms with Gasteiger partial charge in [-0.25, -0.2) is 9.97 Å². The minimum Gasteiger partial charge on any atom is -0.310 e. The number of nitrogens with zero attached hydrogens (tertiary/aromatic N) is 2. The van der Waals surface area contributed by atoms with Gasteiger partial charge in [-0.1, -0.05) is 20.3 Å². The van der Waals surface area contributed by atoms with Crippen LogP contribution in [0.2, 0.25) is 0 Å². The van der Waals surface area contributed by atoms with Gasteiger partial charge in [-0.2, -0.15) is 0 Å². The van der Waals surface area contributed by atoms with Gasteiger partial charge in [0.2, 0.25) is 0 Å². The van der Waals surface area contributed by atoms with Gasteiger partial charge in [-0.05, 0) is 38.6 Å². The first-order valence-corrected chi connectivity index (χ1v) is 7.43. The summed E-state index contributed by atoms with van der Waals surface area (Å²) in [5, 5.41) is 3.64. The number of aryl methyl sites for hydroxylation is 2. The fraction of sp³-hybridized carbons (Fsp3) is 0.733. The fourth-order valence-electron chi connectivity index (χ4n) is 2.63. The molecule has 0 bridgehead atoms. The van der Waals surface area contributed by atoms with Crippen molar-refractivity contribution < 1.29 is 0 Å². The standard InChI is InChI=1S/C15H25N3/c1-3-7-15-17-11-12-13(16-10-4-2)8-5-6-9-14(12)18-15/h11,13,16H,3-10H2,1-2H3. The largest absolute Gasteiger partial charge is 0.310 e. The number of fused-ring (bicyclic) bond motifs is 1. The number of aromatic nitrogens is 2. The highest BCUT2D eigenvalue weighted by Gasteiger charge is 2.19.